The second kappa shape index (κ2) is 3.36. The van der Waals surface area contributed by atoms with E-state index < -0.39 is 0 Å². The molecule has 1 aliphatic heterocycles. The first-order chi connectivity index (χ1) is 6.27. The Labute approximate surface area is 78.3 Å². The molecule has 0 saturated heterocycles. The predicted molar refractivity (Wildman–Crippen MR) is 50.2 cm³/mol. The Bertz CT molecular complexity index is 297. The molecule has 2 aliphatic rings. The maximum absolute atomic E-state index is 11.6. The van der Waals surface area contributed by atoms with Gasteiger partial charge >= 0.3 is 0 Å². The van der Waals surface area contributed by atoms with Crippen LogP contribution in [0.2, 0.25) is 0 Å². The number of hydrogen-bond donors (Lipinski definition) is 0. The summed E-state index contributed by atoms with van der Waals surface area (Å²) in [6, 6.07) is 0. The lowest BCUT2D eigenvalue weighted by Crippen LogP contribution is -2.12. The van der Waals surface area contributed by atoms with Crippen molar-refractivity contribution in [3.63, 3.8) is 0 Å². The molecule has 0 fully saturated rings. The summed E-state index contributed by atoms with van der Waals surface area (Å²) in [5.74, 6) is 1.24. The Morgan fingerprint density at radius 1 is 1.38 bits per heavy atom. The smallest absolute Gasteiger partial charge is 0.162 e. The van der Waals surface area contributed by atoms with Gasteiger partial charge in [-0.1, -0.05) is 5.57 Å². The molecule has 13 heavy (non-hydrogen) atoms. The summed E-state index contributed by atoms with van der Waals surface area (Å²) in [6.07, 6.45) is 5.47. The first-order valence-electron chi connectivity index (χ1n) is 4.81. The molecule has 0 amide bonds. The Morgan fingerprint density at radius 2 is 2.23 bits per heavy atom. The van der Waals surface area contributed by atoms with E-state index in [0.29, 0.717) is 13.0 Å². The van der Waals surface area contributed by atoms with Crippen LogP contribution in [0.1, 0.15) is 32.6 Å². The predicted octanol–water partition coefficient (Wildman–Crippen LogP) is 2.36. The Hall–Kier alpha value is -1.05. The molecule has 70 valence electrons. The second-order valence-electron chi connectivity index (χ2n) is 3.72. The van der Waals surface area contributed by atoms with E-state index in [1.807, 2.05) is 0 Å². The van der Waals surface area contributed by atoms with Crippen LogP contribution in [-0.2, 0) is 9.53 Å². The fourth-order valence-electron chi connectivity index (χ4n) is 1.86. The molecular formula is C11H14O2. The first-order valence-corrected chi connectivity index (χ1v) is 4.81. The van der Waals surface area contributed by atoms with Gasteiger partial charge in [0, 0.05) is 24.8 Å². The standard InChI is InChI=1S/C11H14O2/c1-8-5-6-13-11-4-2-3-10(12)9(11)7-8/h5H,2-4,6-7H2,1H3. The van der Waals surface area contributed by atoms with E-state index in [1.54, 1.807) is 0 Å². The van der Waals surface area contributed by atoms with E-state index in [2.05, 4.69) is 13.0 Å². The lowest BCUT2D eigenvalue weighted by Gasteiger charge is -2.17. The number of rotatable bonds is 0. The number of Topliss-reactive ketones (excluding diaryl/α,β-unsaturated/α-hetero) is 1. The van der Waals surface area contributed by atoms with Crippen molar-refractivity contribution >= 4 is 5.78 Å². The van der Waals surface area contributed by atoms with E-state index in [0.717, 1.165) is 30.6 Å². The number of carbonyl (C=O) groups excluding carboxylic acids is 1. The highest BCUT2D eigenvalue weighted by Crippen LogP contribution is 2.29. The first kappa shape index (κ1) is 8.54. The zero-order valence-corrected chi connectivity index (χ0v) is 7.93. The molecule has 0 aromatic heterocycles. The Balaban J connectivity index is 2.30. The average Bonchev–Trinajstić information content (AvgIpc) is 2.28. The van der Waals surface area contributed by atoms with Crippen molar-refractivity contribution in [2.45, 2.75) is 32.6 Å². The molecule has 0 unspecified atom stereocenters. The third-order valence-electron chi connectivity index (χ3n) is 2.63. The summed E-state index contributed by atoms with van der Waals surface area (Å²) < 4.78 is 5.53. The minimum absolute atomic E-state index is 0.288. The lowest BCUT2D eigenvalue weighted by atomic mass is 9.92. The molecule has 2 rings (SSSR count). The third-order valence-corrected chi connectivity index (χ3v) is 2.63. The SMILES string of the molecule is CC1=CCOC2=C(C1)C(=O)CCC2. The van der Waals surface area contributed by atoms with Gasteiger partial charge in [0.15, 0.2) is 5.78 Å². The second-order valence-corrected chi connectivity index (χ2v) is 3.72. The van der Waals surface area contributed by atoms with Gasteiger partial charge < -0.3 is 4.74 Å². The van der Waals surface area contributed by atoms with E-state index in [4.69, 9.17) is 4.74 Å². The van der Waals surface area contributed by atoms with Gasteiger partial charge in [0.05, 0.1) is 0 Å². The number of ether oxygens (including phenoxy) is 1. The van der Waals surface area contributed by atoms with Crippen LogP contribution in [0.25, 0.3) is 0 Å². The van der Waals surface area contributed by atoms with E-state index in [1.165, 1.54) is 5.57 Å². The van der Waals surface area contributed by atoms with Crippen molar-refractivity contribution in [2.24, 2.45) is 0 Å². The van der Waals surface area contributed by atoms with Crippen LogP contribution in [-0.4, -0.2) is 12.4 Å². The summed E-state index contributed by atoms with van der Waals surface area (Å²) >= 11 is 0. The van der Waals surface area contributed by atoms with Crippen molar-refractivity contribution in [2.75, 3.05) is 6.61 Å². The number of allylic oxidation sites excluding steroid dienone is 3. The minimum Gasteiger partial charge on any atom is -0.493 e. The molecule has 0 N–H and O–H groups in total. The Kier molecular flexibility index (Phi) is 2.21. The van der Waals surface area contributed by atoms with Gasteiger partial charge in [-0.3, -0.25) is 4.79 Å². The quantitative estimate of drug-likeness (QED) is 0.532. The third kappa shape index (κ3) is 1.67. The molecule has 2 nitrogen and oxygen atoms in total. The molecule has 0 saturated carbocycles. The number of hydrogen-bond acceptors (Lipinski definition) is 2. The summed E-state index contributed by atoms with van der Waals surface area (Å²) in [6.45, 7) is 2.69. The molecule has 0 aromatic carbocycles. The van der Waals surface area contributed by atoms with Crippen molar-refractivity contribution in [3.05, 3.63) is 23.0 Å². The topological polar surface area (TPSA) is 26.3 Å². The van der Waals surface area contributed by atoms with Crippen molar-refractivity contribution in [1.82, 2.24) is 0 Å². The van der Waals surface area contributed by atoms with Crippen LogP contribution < -0.4 is 0 Å². The van der Waals surface area contributed by atoms with Gasteiger partial charge in [0.2, 0.25) is 0 Å². The maximum atomic E-state index is 11.6. The van der Waals surface area contributed by atoms with E-state index in [-0.39, 0.29) is 5.78 Å². The van der Waals surface area contributed by atoms with Crippen LogP contribution in [0, 0.1) is 0 Å². The zero-order chi connectivity index (χ0) is 9.26. The molecular weight excluding hydrogens is 164 g/mol. The van der Waals surface area contributed by atoms with Crippen LogP contribution in [0.4, 0.5) is 0 Å². The molecule has 0 spiro atoms. The summed E-state index contributed by atoms with van der Waals surface area (Å²) in [7, 11) is 0. The highest BCUT2D eigenvalue weighted by molar-refractivity contribution is 5.97. The van der Waals surface area contributed by atoms with Crippen molar-refractivity contribution in [1.29, 1.82) is 0 Å². The molecule has 2 heteroatoms. The van der Waals surface area contributed by atoms with Gasteiger partial charge in [0.25, 0.3) is 0 Å². The Morgan fingerprint density at radius 3 is 3.08 bits per heavy atom. The van der Waals surface area contributed by atoms with Gasteiger partial charge in [-0.05, 0) is 19.4 Å². The molecule has 0 bridgehead atoms. The molecule has 1 heterocycles. The van der Waals surface area contributed by atoms with Gasteiger partial charge in [-0.15, -0.1) is 0 Å². The summed E-state index contributed by atoms with van der Waals surface area (Å²) in [5, 5.41) is 0. The van der Waals surface area contributed by atoms with Crippen molar-refractivity contribution < 1.29 is 9.53 Å². The summed E-state index contributed by atoms with van der Waals surface area (Å²) in [5.41, 5.74) is 2.18. The van der Waals surface area contributed by atoms with Gasteiger partial charge in [-0.2, -0.15) is 0 Å². The normalized spacial score (nSPS) is 23.2. The largest absolute Gasteiger partial charge is 0.493 e. The van der Waals surface area contributed by atoms with Gasteiger partial charge in [-0.25, -0.2) is 0 Å². The van der Waals surface area contributed by atoms with Crippen LogP contribution in [0.15, 0.2) is 23.0 Å². The highest BCUT2D eigenvalue weighted by atomic mass is 16.5. The van der Waals surface area contributed by atoms with Crippen LogP contribution in [0.3, 0.4) is 0 Å². The number of carbonyl (C=O) groups is 1. The lowest BCUT2D eigenvalue weighted by molar-refractivity contribution is -0.116. The summed E-state index contributed by atoms with van der Waals surface area (Å²) in [4.78, 5) is 11.6. The maximum Gasteiger partial charge on any atom is 0.162 e. The number of ketones is 1. The van der Waals surface area contributed by atoms with Gasteiger partial charge in [0.1, 0.15) is 12.4 Å². The van der Waals surface area contributed by atoms with Crippen molar-refractivity contribution in [3.8, 4) is 0 Å². The minimum atomic E-state index is 0.288. The molecule has 0 aromatic rings. The molecule has 0 atom stereocenters. The molecule has 0 radical (unpaired) electrons. The van der Waals surface area contributed by atoms with E-state index >= 15 is 0 Å². The zero-order valence-electron chi connectivity index (χ0n) is 7.93. The average molecular weight is 178 g/mol. The fraction of sp³-hybridized carbons (Fsp3) is 0.545. The van der Waals surface area contributed by atoms with Crippen LogP contribution in [0.5, 0.6) is 0 Å². The fourth-order valence-corrected chi connectivity index (χ4v) is 1.86. The highest BCUT2D eigenvalue weighted by Gasteiger charge is 2.22. The van der Waals surface area contributed by atoms with E-state index in [9.17, 15) is 4.79 Å². The van der Waals surface area contributed by atoms with Crippen LogP contribution >= 0.6 is 0 Å². The molecule has 1 aliphatic carbocycles. The monoisotopic (exact) mass is 178 g/mol.